The number of carbonyl (C=O) groups is 2. The van der Waals surface area contributed by atoms with Gasteiger partial charge in [-0.2, -0.15) is 0 Å². The first kappa shape index (κ1) is 22.4. The first-order chi connectivity index (χ1) is 12.8. The van der Waals surface area contributed by atoms with Crippen molar-refractivity contribution in [2.45, 2.75) is 77.4 Å². The lowest BCUT2D eigenvalue weighted by atomic mass is 10.1. The third-order valence-corrected chi connectivity index (χ3v) is 6.26. The van der Waals surface area contributed by atoms with Gasteiger partial charge in [0.2, 0.25) is 5.91 Å². The molecule has 2 heterocycles. The molecule has 0 fully saturated rings. The van der Waals surface area contributed by atoms with E-state index in [2.05, 4.69) is 15.6 Å². The lowest BCUT2D eigenvalue weighted by Crippen LogP contribution is -2.49. The van der Waals surface area contributed by atoms with Crippen LogP contribution in [0.3, 0.4) is 0 Å². The van der Waals surface area contributed by atoms with Crippen molar-refractivity contribution in [3.05, 3.63) is 20.8 Å². The molecule has 0 aliphatic carbocycles. The topological polar surface area (TPSA) is 93.1 Å². The van der Waals surface area contributed by atoms with Crippen molar-refractivity contribution in [2.75, 3.05) is 0 Å². The summed E-state index contributed by atoms with van der Waals surface area (Å²) in [4.78, 5) is 43.8. The lowest BCUT2D eigenvalue weighted by molar-refractivity contribution is -0.119. The zero-order valence-electron chi connectivity index (χ0n) is 17.6. The number of carbonyl (C=O) groups excluding carboxylic acids is 2. The molecule has 0 saturated heterocycles. The molecule has 0 radical (unpaired) electrons. The molecule has 9 heteroatoms. The monoisotopic (exact) mass is 424 g/mol. The van der Waals surface area contributed by atoms with Crippen LogP contribution >= 0.6 is 23.1 Å². The van der Waals surface area contributed by atoms with E-state index < -0.39 is 22.7 Å². The van der Waals surface area contributed by atoms with E-state index in [-0.39, 0.29) is 11.6 Å². The van der Waals surface area contributed by atoms with Crippen LogP contribution in [0.2, 0.25) is 0 Å². The largest absolute Gasteiger partial charge is 0.333 e. The van der Waals surface area contributed by atoms with Gasteiger partial charge in [-0.15, -0.1) is 11.3 Å². The highest BCUT2D eigenvalue weighted by Crippen LogP contribution is 2.30. The molecule has 0 unspecified atom stereocenters. The van der Waals surface area contributed by atoms with Crippen LogP contribution in [0.5, 0.6) is 0 Å². The molecule has 0 aliphatic heterocycles. The Morgan fingerprint density at radius 1 is 1.18 bits per heavy atom. The predicted octanol–water partition coefficient (Wildman–Crippen LogP) is 3.76. The van der Waals surface area contributed by atoms with Crippen LogP contribution in [0.15, 0.2) is 9.95 Å². The van der Waals surface area contributed by atoms with Gasteiger partial charge in [0.1, 0.15) is 4.83 Å². The van der Waals surface area contributed by atoms with Crippen molar-refractivity contribution < 1.29 is 9.59 Å². The van der Waals surface area contributed by atoms with Gasteiger partial charge in [0, 0.05) is 16.5 Å². The number of nitrogens with one attached hydrogen (secondary N) is 2. The molecule has 3 amide bonds. The SMILES string of the molecule is Cc1sc2nc(S[C@@H](C)C(=O)NC(=O)NC(C)(C)C)n(C(C)C)c(=O)c2c1C. The van der Waals surface area contributed by atoms with Crippen molar-refractivity contribution in [3.63, 3.8) is 0 Å². The maximum atomic E-state index is 13.1. The summed E-state index contributed by atoms with van der Waals surface area (Å²) in [6, 6.07) is -0.648. The number of hydrogen-bond donors (Lipinski definition) is 2. The van der Waals surface area contributed by atoms with Gasteiger partial charge in [-0.3, -0.25) is 19.5 Å². The van der Waals surface area contributed by atoms with Gasteiger partial charge in [0.05, 0.1) is 10.6 Å². The molecule has 2 aromatic rings. The van der Waals surface area contributed by atoms with E-state index >= 15 is 0 Å². The zero-order chi connectivity index (χ0) is 21.4. The Morgan fingerprint density at radius 3 is 2.32 bits per heavy atom. The number of imide groups is 1. The standard InChI is InChI=1S/C19H28N4O3S2/c1-9(2)23-16(25)13-10(3)11(4)27-15(13)21-18(23)28-12(5)14(24)20-17(26)22-19(6,7)8/h9,12H,1-8H3,(H2,20,22,24,26)/t12-/m0/s1. The number of aryl methyl sites for hydroxylation is 2. The molecule has 2 rings (SSSR count). The van der Waals surface area contributed by atoms with Gasteiger partial charge in [0.15, 0.2) is 5.16 Å². The van der Waals surface area contributed by atoms with Gasteiger partial charge in [0.25, 0.3) is 5.56 Å². The molecule has 1 atom stereocenters. The molecule has 154 valence electrons. The summed E-state index contributed by atoms with van der Waals surface area (Å²) >= 11 is 2.65. The quantitative estimate of drug-likeness (QED) is 0.576. The Morgan fingerprint density at radius 2 is 1.79 bits per heavy atom. The van der Waals surface area contributed by atoms with E-state index in [1.54, 1.807) is 11.5 Å². The summed E-state index contributed by atoms with van der Waals surface area (Å²) in [7, 11) is 0. The summed E-state index contributed by atoms with van der Waals surface area (Å²) in [6.45, 7) is 14.9. The van der Waals surface area contributed by atoms with E-state index in [4.69, 9.17) is 0 Å². The van der Waals surface area contributed by atoms with Crippen LogP contribution in [0.25, 0.3) is 10.2 Å². The van der Waals surface area contributed by atoms with Crippen LogP contribution in [-0.2, 0) is 4.79 Å². The van der Waals surface area contributed by atoms with Crippen LogP contribution < -0.4 is 16.2 Å². The fourth-order valence-electron chi connectivity index (χ4n) is 2.62. The number of thiophene rings is 1. The van der Waals surface area contributed by atoms with Gasteiger partial charge < -0.3 is 5.32 Å². The average molecular weight is 425 g/mol. The highest BCUT2D eigenvalue weighted by molar-refractivity contribution is 8.00. The Kier molecular flexibility index (Phi) is 6.60. The number of rotatable bonds is 4. The van der Waals surface area contributed by atoms with E-state index in [1.807, 2.05) is 48.5 Å². The number of fused-ring (bicyclic) bond motifs is 1. The van der Waals surface area contributed by atoms with Gasteiger partial charge >= 0.3 is 6.03 Å². The highest BCUT2D eigenvalue weighted by Gasteiger charge is 2.24. The number of thioether (sulfide) groups is 1. The second-order valence-electron chi connectivity index (χ2n) is 8.08. The minimum absolute atomic E-state index is 0.0950. The van der Waals surface area contributed by atoms with E-state index in [9.17, 15) is 14.4 Å². The number of amides is 3. The van der Waals surface area contributed by atoms with Crippen LogP contribution in [0, 0.1) is 13.8 Å². The maximum Gasteiger partial charge on any atom is 0.321 e. The third-order valence-electron chi connectivity index (χ3n) is 4.10. The Bertz CT molecular complexity index is 970. The molecule has 0 bridgehead atoms. The lowest BCUT2D eigenvalue weighted by Gasteiger charge is -2.21. The average Bonchev–Trinajstić information content (AvgIpc) is 2.79. The van der Waals surface area contributed by atoms with Crippen LogP contribution in [0.1, 0.15) is 58.0 Å². The van der Waals surface area contributed by atoms with Crippen molar-refractivity contribution in [1.82, 2.24) is 20.2 Å². The summed E-state index contributed by atoms with van der Waals surface area (Å²) < 4.78 is 1.62. The Hall–Kier alpha value is -1.87. The van der Waals surface area contributed by atoms with Gasteiger partial charge in [-0.1, -0.05) is 11.8 Å². The molecule has 28 heavy (non-hydrogen) atoms. The van der Waals surface area contributed by atoms with Gasteiger partial charge in [-0.25, -0.2) is 9.78 Å². The third kappa shape index (κ3) is 4.94. The van der Waals surface area contributed by atoms with E-state index in [0.29, 0.717) is 15.4 Å². The molecule has 2 N–H and O–H groups in total. The summed E-state index contributed by atoms with van der Waals surface area (Å²) in [5.74, 6) is -0.435. The van der Waals surface area contributed by atoms with Crippen molar-refractivity contribution in [2.24, 2.45) is 0 Å². The fourth-order valence-corrected chi connectivity index (χ4v) is 4.73. The summed E-state index contributed by atoms with van der Waals surface area (Å²) in [5, 5.41) is 5.56. The molecule has 7 nitrogen and oxygen atoms in total. The molecule has 0 aromatic carbocycles. The number of hydrogen-bond acceptors (Lipinski definition) is 6. The van der Waals surface area contributed by atoms with Crippen LogP contribution in [0.4, 0.5) is 4.79 Å². The highest BCUT2D eigenvalue weighted by atomic mass is 32.2. The molecular weight excluding hydrogens is 396 g/mol. The Labute approximate surface area is 173 Å². The second-order valence-corrected chi connectivity index (χ2v) is 10.6. The smallest absolute Gasteiger partial charge is 0.321 e. The van der Waals surface area contributed by atoms with E-state index in [1.165, 1.54) is 23.1 Å². The first-order valence-corrected chi connectivity index (χ1v) is 10.8. The molecule has 0 spiro atoms. The first-order valence-electron chi connectivity index (χ1n) is 9.13. The zero-order valence-corrected chi connectivity index (χ0v) is 19.2. The van der Waals surface area contributed by atoms with Crippen molar-refractivity contribution >= 4 is 45.3 Å². The number of nitrogens with zero attached hydrogens (tertiary/aromatic N) is 2. The summed E-state index contributed by atoms with van der Waals surface area (Å²) in [5.41, 5.74) is 0.413. The van der Waals surface area contributed by atoms with E-state index in [0.717, 1.165) is 10.4 Å². The molecular formula is C19H28N4O3S2. The minimum atomic E-state index is -0.595. The summed E-state index contributed by atoms with van der Waals surface area (Å²) in [6.07, 6.45) is 0. The Balaban J connectivity index is 2.32. The molecule has 0 aliphatic rings. The predicted molar refractivity (Wildman–Crippen MR) is 115 cm³/mol. The maximum absolute atomic E-state index is 13.1. The van der Waals surface area contributed by atoms with Crippen molar-refractivity contribution in [1.29, 1.82) is 0 Å². The minimum Gasteiger partial charge on any atom is -0.333 e. The molecule has 0 saturated carbocycles. The van der Waals surface area contributed by atoms with Crippen LogP contribution in [-0.4, -0.2) is 32.3 Å². The number of aromatic nitrogens is 2. The molecule has 2 aromatic heterocycles. The fraction of sp³-hybridized carbons (Fsp3) is 0.579. The normalized spacial score (nSPS) is 13.0. The van der Waals surface area contributed by atoms with Gasteiger partial charge in [-0.05, 0) is 61.0 Å². The number of urea groups is 1. The van der Waals surface area contributed by atoms with Crippen molar-refractivity contribution in [3.8, 4) is 0 Å². The second kappa shape index (κ2) is 8.24.